The Kier molecular flexibility index (Phi) is 8.80. The molecule has 2 rings (SSSR count). The Bertz CT molecular complexity index is 798. The molecule has 29 heavy (non-hydrogen) atoms. The van der Waals surface area contributed by atoms with Gasteiger partial charge in [-0.25, -0.2) is 4.39 Å². The van der Waals surface area contributed by atoms with E-state index in [2.05, 4.69) is 0 Å². The van der Waals surface area contributed by atoms with Gasteiger partial charge in [0, 0.05) is 26.2 Å². The normalized spacial score (nSPS) is 11.9. The van der Waals surface area contributed by atoms with E-state index in [1.807, 2.05) is 42.2 Å². The first-order chi connectivity index (χ1) is 13.9. The lowest BCUT2D eigenvalue weighted by Gasteiger charge is -2.28. The Morgan fingerprint density at radius 1 is 1.03 bits per heavy atom. The van der Waals surface area contributed by atoms with Crippen LogP contribution in [0.1, 0.15) is 25.0 Å². The van der Waals surface area contributed by atoms with Crippen LogP contribution < -0.4 is 0 Å². The molecule has 5 nitrogen and oxygen atoms in total. The Morgan fingerprint density at radius 2 is 1.72 bits per heavy atom. The molecular formula is C23H29FN2O3. The van der Waals surface area contributed by atoms with Crippen LogP contribution in [0.3, 0.4) is 0 Å². The maximum Gasteiger partial charge on any atom is 0.309 e. The Hall–Kier alpha value is -2.73. The summed E-state index contributed by atoms with van der Waals surface area (Å²) in [5.74, 6) is -1.04. The SMILES string of the molecule is CCN(Cc1cccc(F)c1)C(=O)CN(Cc1ccccc1)CC(C)C(=O)OC. The number of likely N-dealkylation sites (N-methyl/N-ethyl adjacent to an activating group) is 1. The van der Waals surface area contributed by atoms with Crippen LogP contribution in [0, 0.1) is 11.7 Å². The average Bonchev–Trinajstić information content (AvgIpc) is 2.71. The third kappa shape index (κ3) is 7.31. The van der Waals surface area contributed by atoms with Crippen LogP contribution in [-0.2, 0) is 27.4 Å². The fraction of sp³-hybridized carbons (Fsp3) is 0.391. The van der Waals surface area contributed by atoms with Crippen molar-refractivity contribution in [3.05, 3.63) is 71.5 Å². The molecule has 156 valence electrons. The number of nitrogens with zero attached hydrogens (tertiary/aromatic N) is 2. The Labute approximate surface area is 172 Å². The third-order valence-corrected chi connectivity index (χ3v) is 4.74. The molecule has 0 aliphatic carbocycles. The molecular weight excluding hydrogens is 371 g/mol. The first-order valence-corrected chi connectivity index (χ1v) is 9.79. The summed E-state index contributed by atoms with van der Waals surface area (Å²) >= 11 is 0. The summed E-state index contributed by atoms with van der Waals surface area (Å²) in [6, 6.07) is 16.1. The zero-order chi connectivity index (χ0) is 21.2. The lowest BCUT2D eigenvalue weighted by molar-refractivity contribution is -0.146. The second-order valence-electron chi connectivity index (χ2n) is 7.12. The van der Waals surface area contributed by atoms with Crippen molar-refractivity contribution >= 4 is 11.9 Å². The smallest absolute Gasteiger partial charge is 0.309 e. The van der Waals surface area contributed by atoms with Crippen molar-refractivity contribution in [3.8, 4) is 0 Å². The highest BCUT2D eigenvalue weighted by Crippen LogP contribution is 2.12. The number of hydrogen-bond acceptors (Lipinski definition) is 4. The van der Waals surface area contributed by atoms with Gasteiger partial charge in [0.25, 0.3) is 0 Å². The van der Waals surface area contributed by atoms with E-state index >= 15 is 0 Å². The molecule has 2 aromatic carbocycles. The van der Waals surface area contributed by atoms with Crippen molar-refractivity contribution in [2.24, 2.45) is 5.92 Å². The molecule has 0 heterocycles. The van der Waals surface area contributed by atoms with E-state index in [1.54, 1.807) is 24.0 Å². The maximum atomic E-state index is 13.5. The highest BCUT2D eigenvalue weighted by molar-refractivity contribution is 5.78. The molecule has 0 aliphatic heterocycles. The highest BCUT2D eigenvalue weighted by atomic mass is 19.1. The minimum absolute atomic E-state index is 0.0650. The Morgan fingerprint density at radius 3 is 2.34 bits per heavy atom. The van der Waals surface area contributed by atoms with Crippen molar-refractivity contribution in [3.63, 3.8) is 0 Å². The zero-order valence-electron chi connectivity index (χ0n) is 17.3. The van der Waals surface area contributed by atoms with Gasteiger partial charge in [-0.05, 0) is 30.2 Å². The molecule has 1 amide bonds. The summed E-state index contributed by atoms with van der Waals surface area (Å²) < 4.78 is 18.3. The van der Waals surface area contributed by atoms with Gasteiger partial charge < -0.3 is 9.64 Å². The van der Waals surface area contributed by atoms with Crippen molar-refractivity contribution in [1.29, 1.82) is 0 Å². The van der Waals surface area contributed by atoms with Crippen LogP contribution >= 0.6 is 0 Å². The average molecular weight is 400 g/mol. The zero-order valence-corrected chi connectivity index (χ0v) is 17.3. The van der Waals surface area contributed by atoms with Crippen LogP contribution in [0.25, 0.3) is 0 Å². The number of benzene rings is 2. The number of ether oxygens (including phenoxy) is 1. The van der Waals surface area contributed by atoms with Gasteiger partial charge in [-0.1, -0.05) is 49.4 Å². The van der Waals surface area contributed by atoms with Crippen LogP contribution in [0.2, 0.25) is 0 Å². The summed E-state index contributed by atoms with van der Waals surface area (Å²) in [7, 11) is 1.36. The monoisotopic (exact) mass is 400 g/mol. The van der Waals surface area contributed by atoms with E-state index in [1.165, 1.54) is 19.2 Å². The number of carbonyl (C=O) groups is 2. The molecule has 0 radical (unpaired) electrons. The molecule has 0 spiro atoms. The second-order valence-corrected chi connectivity index (χ2v) is 7.12. The number of carbonyl (C=O) groups excluding carboxylic acids is 2. The van der Waals surface area contributed by atoms with Crippen molar-refractivity contribution < 1.29 is 18.7 Å². The van der Waals surface area contributed by atoms with Crippen LogP contribution in [0.4, 0.5) is 4.39 Å². The van der Waals surface area contributed by atoms with Crippen molar-refractivity contribution in [2.75, 3.05) is 26.7 Å². The highest BCUT2D eigenvalue weighted by Gasteiger charge is 2.22. The molecule has 6 heteroatoms. The lowest BCUT2D eigenvalue weighted by Crippen LogP contribution is -2.42. The first kappa shape index (κ1) is 22.6. The summed E-state index contributed by atoms with van der Waals surface area (Å²) in [6.45, 7) is 5.67. The molecule has 0 fully saturated rings. The van der Waals surface area contributed by atoms with Gasteiger partial charge >= 0.3 is 5.97 Å². The van der Waals surface area contributed by atoms with E-state index in [-0.39, 0.29) is 30.2 Å². The number of methoxy groups -OCH3 is 1. The molecule has 0 aromatic heterocycles. The predicted octanol–water partition coefficient (Wildman–Crippen LogP) is 3.49. The lowest BCUT2D eigenvalue weighted by atomic mass is 10.1. The van der Waals surface area contributed by atoms with Gasteiger partial charge in [0.05, 0.1) is 19.6 Å². The largest absolute Gasteiger partial charge is 0.469 e. The van der Waals surface area contributed by atoms with Crippen LogP contribution in [0.15, 0.2) is 54.6 Å². The second kappa shape index (κ2) is 11.3. The van der Waals surface area contributed by atoms with Gasteiger partial charge in [0.1, 0.15) is 5.82 Å². The summed E-state index contributed by atoms with van der Waals surface area (Å²) in [4.78, 5) is 28.5. The van der Waals surface area contributed by atoms with Gasteiger partial charge in [0.2, 0.25) is 5.91 Å². The summed E-state index contributed by atoms with van der Waals surface area (Å²) in [6.07, 6.45) is 0. The standard InChI is InChI=1S/C23H29FN2O3/c1-4-26(16-20-11-8-12-21(24)13-20)22(27)17-25(14-18(2)23(28)29-3)15-19-9-6-5-7-10-19/h5-13,18H,4,14-17H2,1-3H3. The van der Waals surface area contributed by atoms with E-state index in [0.29, 0.717) is 26.2 Å². The van der Waals surface area contributed by atoms with Gasteiger partial charge in [0.15, 0.2) is 0 Å². The molecule has 0 saturated heterocycles. The van der Waals surface area contributed by atoms with Gasteiger partial charge in [-0.2, -0.15) is 0 Å². The quantitative estimate of drug-likeness (QED) is 0.573. The number of halogens is 1. The van der Waals surface area contributed by atoms with E-state index < -0.39 is 0 Å². The molecule has 0 aliphatic rings. The summed E-state index contributed by atoms with van der Waals surface area (Å²) in [5, 5.41) is 0. The van der Waals surface area contributed by atoms with Crippen LogP contribution in [-0.4, -0.2) is 48.4 Å². The van der Waals surface area contributed by atoms with E-state index in [0.717, 1.165) is 11.1 Å². The van der Waals surface area contributed by atoms with Crippen molar-refractivity contribution in [1.82, 2.24) is 9.80 Å². The van der Waals surface area contributed by atoms with E-state index in [4.69, 9.17) is 4.74 Å². The molecule has 1 atom stereocenters. The third-order valence-electron chi connectivity index (χ3n) is 4.74. The van der Waals surface area contributed by atoms with Crippen molar-refractivity contribution in [2.45, 2.75) is 26.9 Å². The first-order valence-electron chi connectivity index (χ1n) is 9.79. The summed E-state index contributed by atoms with van der Waals surface area (Å²) in [5.41, 5.74) is 1.81. The number of hydrogen-bond donors (Lipinski definition) is 0. The fourth-order valence-electron chi connectivity index (χ4n) is 3.21. The van der Waals surface area contributed by atoms with Gasteiger partial charge in [-0.15, -0.1) is 0 Å². The van der Waals surface area contributed by atoms with Crippen LogP contribution in [0.5, 0.6) is 0 Å². The fourth-order valence-corrected chi connectivity index (χ4v) is 3.21. The molecule has 0 N–H and O–H groups in total. The topological polar surface area (TPSA) is 49.9 Å². The number of amides is 1. The molecule has 0 saturated carbocycles. The number of esters is 1. The molecule has 1 unspecified atom stereocenters. The minimum Gasteiger partial charge on any atom is -0.469 e. The molecule has 2 aromatic rings. The molecule has 0 bridgehead atoms. The minimum atomic E-state index is -0.352. The predicted molar refractivity (Wildman–Crippen MR) is 110 cm³/mol. The van der Waals surface area contributed by atoms with Gasteiger partial charge in [-0.3, -0.25) is 14.5 Å². The number of rotatable bonds is 10. The Balaban J connectivity index is 2.09. The maximum absolute atomic E-state index is 13.5. The van der Waals surface area contributed by atoms with E-state index in [9.17, 15) is 14.0 Å².